The molecule has 1 unspecified atom stereocenters. The highest BCUT2D eigenvalue weighted by Gasteiger charge is 2.36. The lowest BCUT2D eigenvalue weighted by Crippen LogP contribution is -2.43. The van der Waals surface area contributed by atoms with Gasteiger partial charge in [0.1, 0.15) is 5.82 Å². The standard InChI is InChI=1S/C14H19FN2O2/c1-2-16(9-10-18)13-7-8-17(14(13)19)12-6-4-3-5-11(12)15/h3-6,13,18H,2,7-10H2,1H3. The van der Waals surface area contributed by atoms with E-state index in [2.05, 4.69) is 0 Å². The van der Waals surface area contributed by atoms with Crippen LogP contribution in [0.2, 0.25) is 0 Å². The van der Waals surface area contributed by atoms with Crippen LogP contribution in [0.1, 0.15) is 13.3 Å². The van der Waals surface area contributed by atoms with Crippen LogP contribution < -0.4 is 4.90 Å². The number of amides is 1. The molecule has 1 saturated heterocycles. The summed E-state index contributed by atoms with van der Waals surface area (Å²) >= 11 is 0. The Balaban J connectivity index is 2.16. The third kappa shape index (κ3) is 2.77. The molecule has 1 aromatic rings. The molecular formula is C14H19FN2O2. The van der Waals surface area contributed by atoms with Crippen LogP contribution >= 0.6 is 0 Å². The molecule has 1 heterocycles. The molecule has 1 aliphatic rings. The number of benzene rings is 1. The van der Waals surface area contributed by atoms with Crippen LogP contribution in [0.3, 0.4) is 0 Å². The summed E-state index contributed by atoms with van der Waals surface area (Å²) < 4.78 is 13.7. The van der Waals surface area contributed by atoms with E-state index in [1.165, 1.54) is 11.0 Å². The Morgan fingerprint density at radius 1 is 1.47 bits per heavy atom. The number of rotatable bonds is 5. The van der Waals surface area contributed by atoms with Crippen LogP contribution in [0.15, 0.2) is 24.3 Å². The maximum atomic E-state index is 13.7. The Morgan fingerprint density at radius 3 is 2.84 bits per heavy atom. The monoisotopic (exact) mass is 266 g/mol. The van der Waals surface area contributed by atoms with Gasteiger partial charge in [0.15, 0.2) is 0 Å². The van der Waals surface area contributed by atoms with E-state index in [0.29, 0.717) is 31.7 Å². The van der Waals surface area contributed by atoms with Gasteiger partial charge in [-0.25, -0.2) is 4.39 Å². The van der Waals surface area contributed by atoms with E-state index in [9.17, 15) is 9.18 Å². The minimum Gasteiger partial charge on any atom is -0.395 e. The molecule has 1 N–H and O–H groups in total. The van der Waals surface area contributed by atoms with Gasteiger partial charge in [-0.05, 0) is 25.1 Å². The summed E-state index contributed by atoms with van der Waals surface area (Å²) in [5, 5.41) is 9.01. The van der Waals surface area contributed by atoms with Crippen molar-refractivity contribution in [3.63, 3.8) is 0 Å². The van der Waals surface area contributed by atoms with E-state index in [1.807, 2.05) is 11.8 Å². The Bertz CT molecular complexity index is 453. The van der Waals surface area contributed by atoms with E-state index in [1.54, 1.807) is 18.2 Å². The molecule has 1 aromatic carbocycles. The van der Waals surface area contributed by atoms with Gasteiger partial charge < -0.3 is 10.0 Å². The molecule has 104 valence electrons. The van der Waals surface area contributed by atoms with E-state index in [0.717, 1.165) is 0 Å². The van der Waals surface area contributed by atoms with Gasteiger partial charge in [0, 0.05) is 13.1 Å². The Hall–Kier alpha value is -1.46. The molecule has 0 bridgehead atoms. The number of halogens is 1. The van der Waals surface area contributed by atoms with Crippen molar-refractivity contribution in [2.45, 2.75) is 19.4 Å². The summed E-state index contributed by atoms with van der Waals surface area (Å²) in [5.41, 5.74) is 0.343. The van der Waals surface area contributed by atoms with Crippen molar-refractivity contribution in [2.75, 3.05) is 31.1 Å². The number of anilines is 1. The van der Waals surface area contributed by atoms with Gasteiger partial charge in [0.2, 0.25) is 5.91 Å². The second kappa shape index (κ2) is 6.12. The Morgan fingerprint density at radius 2 is 2.21 bits per heavy atom. The normalized spacial score (nSPS) is 19.5. The molecule has 0 radical (unpaired) electrons. The zero-order valence-corrected chi connectivity index (χ0v) is 11.1. The summed E-state index contributed by atoms with van der Waals surface area (Å²) in [6.45, 7) is 3.67. The number of aliphatic hydroxyl groups excluding tert-OH is 1. The largest absolute Gasteiger partial charge is 0.395 e. The van der Waals surface area contributed by atoms with Crippen molar-refractivity contribution in [1.29, 1.82) is 0 Å². The zero-order valence-electron chi connectivity index (χ0n) is 11.1. The molecule has 1 aliphatic heterocycles. The summed E-state index contributed by atoms with van der Waals surface area (Å²) in [5.74, 6) is -0.456. The smallest absolute Gasteiger partial charge is 0.244 e. The average Bonchev–Trinajstić information content (AvgIpc) is 2.78. The van der Waals surface area contributed by atoms with Crippen molar-refractivity contribution in [2.24, 2.45) is 0 Å². The number of hydrogen-bond donors (Lipinski definition) is 1. The van der Waals surface area contributed by atoms with E-state index in [-0.39, 0.29) is 24.4 Å². The van der Waals surface area contributed by atoms with Gasteiger partial charge >= 0.3 is 0 Å². The van der Waals surface area contributed by atoms with Crippen molar-refractivity contribution < 1.29 is 14.3 Å². The van der Waals surface area contributed by atoms with Gasteiger partial charge in [-0.3, -0.25) is 9.69 Å². The molecule has 0 spiro atoms. The summed E-state index contributed by atoms with van der Waals surface area (Å²) in [6.07, 6.45) is 0.668. The average molecular weight is 266 g/mol. The van der Waals surface area contributed by atoms with Crippen LogP contribution in [-0.2, 0) is 4.79 Å². The Labute approximate surface area is 112 Å². The highest BCUT2D eigenvalue weighted by Crippen LogP contribution is 2.26. The molecular weight excluding hydrogens is 247 g/mol. The predicted octanol–water partition coefficient (Wildman–Crippen LogP) is 1.25. The topological polar surface area (TPSA) is 43.8 Å². The van der Waals surface area contributed by atoms with E-state index in [4.69, 9.17) is 5.11 Å². The second-order valence-electron chi connectivity index (χ2n) is 4.60. The number of likely N-dealkylation sites (N-methyl/N-ethyl adjacent to an activating group) is 1. The molecule has 0 saturated carbocycles. The highest BCUT2D eigenvalue weighted by atomic mass is 19.1. The number of carbonyl (C=O) groups excluding carboxylic acids is 1. The third-order valence-electron chi connectivity index (χ3n) is 3.55. The fourth-order valence-corrected chi connectivity index (χ4v) is 2.58. The lowest BCUT2D eigenvalue weighted by atomic mass is 10.2. The van der Waals surface area contributed by atoms with Gasteiger partial charge in [-0.2, -0.15) is 0 Å². The molecule has 5 heteroatoms. The first-order chi connectivity index (χ1) is 9.19. The summed E-state index contributed by atoms with van der Waals surface area (Å²) in [7, 11) is 0. The summed E-state index contributed by atoms with van der Waals surface area (Å²) in [4.78, 5) is 15.8. The van der Waals surface area contributed by atoms with Crippen LogP contribution in [0, 0.1) is 5.82 Å². The van der Waals surface area contributed by atoms with Crippen LogP contribution in [0.25, 0.3) is 0 Å². The highest BCUT2D eigenvalue weighted by molar-refractivity contribution is 5.99. The maximum Gasteiger partial charge on any atom is 0.244 e. The number of nitrogens with zero attached hydrogens (tertiary/aromatic N) is 2. The van der Waals surface area contributed by atoms with Crippen LogP contribution in [0.5, 0.6) is 0 Å². The van der Waals surface area contributed by atoms with Gasteiger partial charge in [0.05, 0.1) is 18.3 Å². The first kappa shape index (κ1) is 14.0. The second-order valence-corrected chi connectivity index (χ2v) is 4.60. The minimum atomic E-state index is -0.373. The van der Waals surface area contributed by atoms with Crippen molar-refractivity contribution >= 4 is 11.6 Å². The van der Waals surface area contributed by atoms with E-state index < -0.39 is 0 Å². The molecule has 1 fully saturated rings. The first-order valence-corrected chi connectivity index (χ1v) is 6.59. The molecule has 19 heavy (non-hydrogen) atoms. The van der Waals surface area contributed by atoms with E-state index >= 15 is 0 Å². The molecule has 0 aliphatic carbocycles. The molecule has 1 atom stereocenters. The van der Waals surface area contributed by atoms with Gasteiger partial charge in [-0.1, -0.05) is 19.1 Å². The van der Waals surface area contributed by atoms with Crippen molar-refractivity contribution in [1.82, 2.24) is 4.90 Å². The van der Waals surface area contributed by atoms with Crippen LogP contribution in [0.4, 0.5) is 10.1 Å². The van der Waals surface area contributed by atoms with Crippen molar-refractivity contribution in [3.8, 4) is 0 Å². The lowest BCUT2D eigenvalue weighted by Gasteiger charge is -2.25. The number of carbonyl (C=O) groups is 1. The van der Waals surface area contributed by atoms with Crippen molar-refractivity contribution in [3.05, 3.63) is 30.1 Å². The predicted molar refractivity (Wildman–Crippen MR) is 71.5 cm³/mol. The molecule has 0 aromatic heterocycles. The Kier molecular flexibility index (Phi) is 4.50. The number of aliphatic hydroxyl groups is 1. The summed E-state index contributed by atoms with van der Waals surface area (Å²) in [6, 6.07) is 6.07. The lowest BCUT2D eigenvalue weighted by molar-refractivity contribution is -0.121. The quantitative estimate of drug-likeness (QED) is 0.872. The fraction of sp³-hybridized carbons (Fsp3) is 0.500. The molecule has 4 nitrogen and oxygen atoms in total. The fourth-order valence-electron chi connectivity index (χ4n) is 2.58. The van der Waals surface area contributed by atoms with Crippen LogP contribution in [-0.4, -0.2) is 48.2 Å². The molecule has 1 amide bonds. The SMILES string of the molecule is CCN(CCO)C1CCN(c2ccccc2F)C1=O. The van der Waals surface area contributed by atoms with Gasteiger partial charge in [0.25, 0.3) is 0 Å². The minimum absolute atomic E-state index is 0.0251. The number of para-hydroxylation sites is 1. The number of hydrogen-bond acceptors (Lipinski definition) is 3. The van der Waals surface area contributed by atoms with Gasteiger partial charge in [-0.15, -0.1) is 0 Å². The molecule has 2 rings (SSSR count). The zero-order chi connectivity index (χ0) is 13.8. The third-order valence-corrected chi connectivity index (χ3v) is 3.55. The first-order valence-electron chi connectivity index (χ1n) is 6.59. The maximum absolute atomic E-state index is 13.7.